The van der Waals surface area contributed by atoms with Gasteiger partial charge in [0.2, 0.25) is 0 Å². The zero-order valence-corrected chi connectivity index (χ0v) is 10.0. The fourth-order valence-corrected chi connectivity index (χ4v) is 0.551. The van der Waals surface area contributed by atoms with Crippen molar-refractivity contribution >= 4 is 23.9 Å². The van der Waals surface area contributed by atoms with Gasteiger partial charge < -0.3 is 20.4 Å². The van der Waals surface area contributed by atoms with Crippen molar-refractivity contribution in [2.45, 2.75) is 0 Å². The minimum atomic E-state index is -1.10. The third-order valence-corrected chi connectivity index (χ3v) is 1.18. The molecule has 0 spiro atoms. The molecule has 4 N–H and O–H groups in total. The third kappa shape index (κ3) is 24.2. The van der Waals surface area contributed by atoms with Crippen LogP contribution in [0.3, 0.4) is 0 Å². The Hall–Kier alpha value is -3.16. The molecule has 0 aromatic carbocycles. The fourth-order valence-electron chi connectivity index (χ4n) is 0.551. The Morgan fingerprint density at radius 1 is 0.450 bits per heavy atom. The topological polar surface area (TPSA) is 149 Å². The van der Waals surface area contributed by atoms with Crippen LogP contribution in [-0.2, 0) is 19.2 Å². The van der Waals surface area contributed by atoms with E-state index in [0.717, 1.165) is 48.6 Å². The van der Waals surface area contributed by atoms with E-state index in [1.807, 2.05) is 0 Å². The summed E-state index contributed by atoms with van der Waals surface area (Å²) in [5, 5.41) is 32.0. The maximum Gasteiger partial charge on any atom is 0.328 e. The molecule has 0 aromatic rings. The van der Waals surface area contributed by atoms with Gasteiger partial charge in [-0.1, -0.05) is 24.3 Å². The molecule has 0 heterocycles. The monoisotopic (exact) mass is 284 g/mol. The summed E-state index contributed by atoms with van der Waals surface area (Å²) in [4.78, 5) is 39.1. The number of carbonyl (C=O) groups is 4. The molecule has 0 aliphatic heterocycles. The molecule has 8 nitrogen and oxygen atoms in total. The summed E-state index contributed by atoms with van der Waals surface area (Å²) < 4.78 is 0. The molecule has 108 valence electrons. The Morgan fingerprint density at radius 2 is 0.600 bits per heavy atom. The Balaban J connectivity index is 0. The van der Waals surface area contributed by atoms with E-state index < -0.39 is 23.9 Å². The first-order valence-corrected chi connectivity index (χ1v) is 4.87. The number of hydrogen-bond donors (Lipinski definition) is 4. The van der Waals surface area contributed by atoms with E-state index in [1.54, 1.807) is 0 Å². The van der Waals surface area contributed by atoms with E-state index in [2.05, 4.69) is 0 Å². The molecule has 0 saturated carbocycles. The minimum absolute atomic E-state index is 0.847. The van der Waals surface area contributed by atoms with Crippen molar-refractivity contribution in [3.63, 3.8) is 0 Å². The quantitative estimate of drug-likeness (QED) is 0.407. The minimum Gasteiger partial charge on any atom is -0.478 e. The molecular formula is C12H12O8. The smallest absolute Gasteiger partial charge is 0.328 e. The molecular weight excluding hydrogens is 272 g/mol. The predicted octanol–water partition coefficient (Wildman–Crippen LogP) is 0.536. The number of carboxylic acid groups (broad SMARTS) is 4. The van der Waals surface area contributed by atoms with Gasteiger partial charge in [-0.3, -0.25) is 0 Å². The molecule has 0 fully saturated rings. The van der Waals surface area contributed by atoms with Gasteiger partial charge >= 0.3 is 23.9 Å². The van der Waals surface area contributed by atoms with Gasteiger partial charge in [0.15, 0.2) is 0 Å². The van der Waals surface area contributed by atoms with Crippen LogP contribution in [0.5, 0.6) is 0 Å². The summed E-state index contributed by atoms with van der Waals surface area (Å²) in [7, 11) is 0. The zero-order chi connectivity index (χ0) is 16.0. The van der Waals surface area contributed by atoms with Crippen molar-refractivity contribution in [3.05, 3.63) is 48.6 Å². The maximum atomic E-state index is 9.78. The van der Waals surface area contributed by atoms with Crippen LogP contribution >= 0.6 is 0 Å². The molecule has 8 heteroatoms. The molecule has 0 saturated heterocycles. The van der Waals surface area contributed by atoms with E-state index in [1.165, 1.54) is 0 Å². The van der Waals surface area contributed by atoms with Crippen LogP contribution in [0.2, 0.25) is 0 Å². The van der Waals surface area contributed by atoms with Gasteiger partial charge in [-0.05, 0) is 0 Å². The van der Waals surface area contributed by atoms with Gasteiger partial charge in [-0.25, -0.2) is 19.2 Å². The van der Waals surface area contributed by atoms with Crippen molar-refractivity contribution in [1.29, 1.82) is 0 Å². The molecule has 0 atom stereocenters. The van der Waals surface area contributed by atoms with Crippen molar-refractivity contribution in [3.8, 4) is 0 Å². The maximum absolute atomic E-state index is 9.78. The first kappa shape index (κ1) is 19.2. The molecule has 0 aromatic heterocycles. The lowest BCUT2D eigenvalue weighted by Gasteiger charge is -1.75. The Bertz CT molecular complexity index is 380. The molecule has 0 unspecified atom stereocenters. The van der Waals surface area contributed by atoms with Gasteiger partial charge in [0.05, 0.1) is 0 Å². The second-order valence-corrected chi connectivity index (χ2v) is 2.79. The van der Waals surface area contributed by atoms with Gasteiger partial charge in [-0.2, -0.15) is 0 Å². The first-order valence-electron chi connectivity index (χ1n) is 4.87. The molecule has 0 bridgehead atoms. The number of hydrogen-bond acceptors (Lipinski definition) is 4. The lowest BCUT2D eigenvalue weighted by Crippen LogP contribution is -1.86. The van der Waals surface area contributed by atoms with E-state index in [-0.39, 0.29) is 0 Å². The highest BCUT2D eigenvalue weighted by molar-refractivity contribution is 5.83. The number of aliphatic carboxylic acids is 4. The van der Waals surface area contributed by atoms with E-state index in [9.17, 15) is 19.2 Å². The van der Waals surface area contributed by atoms with E-state index >= 15 is 0 Å². The van der Waals surface area contributed by atoms with Gasteiger partial charge in [-0.15, -0.1) is 0 Å². The average molecular weight is 284 g/mol. The molecule has 0 rings (SSSR count). The molecule has 0 amide bonds. The molecule has 0 aliphatic rings. The standard InChI is InChI=1S/2C6H6O4/c2*7-5(8)3-1-2-4-6(9)10/h2*1-4H,(H,7,8)(H,9,10)/b3-1+,4-2+;3-1-,4-2+. The molecule has 0 radical (unpaired) electrons. The lowest BCUT2D eigenvalue weighted by molar-refractivity contribution is -0.132. The van der Waals surface area contributed by atoms with Crippen LogP contribution in [-0.4, -0.2) is 44.3 Å². The summed E-state index contributed by atoms with van der Waals surface area (Å²) in [5.41, 5.74) is 0. The number of rotatable bonds is 6. The second kappa shape index (κ2) is 12.3. The van der Waals surface area contributed by atoms with Gasteiger partial charge in [0, 0.05) is 24.3 Å². The Morgan fingerprint density at radius 3 is 0.700 bits per heavy atom. The molecule has 20 heavy (non-hydrogen) atoms. The average Bonchev–Trinajstić information content (AvgIpc) is 2.30. The normalized spacial score (nSPS) is 10.8. The van der Waals surface area contributed by atoms with Crippen LogP contribution < -0.4 is 0 Å². The van der Waals surface area contributed by atoms with Gasteiger partial charge in [0.1, 0.15) is 0 Å². The summed E-state index contributed by atoms with van der Waals surface area (Å²) >= 11 is 0. The van der Waals surface area contributed by atoms with E-state index in [4.69, 9.17) is 20.4 Å². The lowest BCUT2D eigenvalue weighted by atomic mass is 10.4. The molecule has 0 aliphatic carbocycles. The predicted molar refractivity (Wildman–Crippen MR) is 67.1 cm³/mol. The SMILES string of the molecule is O=C(O)/C=C/C=C/C(=O)O.O=C(O)/C=C\C=C\C(=O)O. The second-order valence-electron chi connectivity index (χ2n) is 2.79. The summed E-state index contributed by atoms with van der Waals surface area (Å²) in [5.74, 6) is -4.41. The van der Waals surface area contributed by atoms with Crippen LogP contribution in [0.1, 0.15) is 0 Å². The largest absolute Gasteiger partial charge is 0.478 e. The Kier molecular flexibility index (Phi) is 11.8. The van der Waals surface area contributed by atoms with Crippen LogP contribution in [0.25, 0.3) is 0 Å². The van der Waals surface area contributed by atoms with Crippen molar-refractivity contribution < 1.29 is 39.6 Å². The van der Waals surface area contributed by atoms with Crippen molar-refractivity contribution in [2.75, 3.05) is 0 Å². The highest BCUT2D eigenvalue weighted by atomic mass is 16.4. The van der Waals surface area contributed by atoms with Crippen LogP contribution in [0, 0.1) is 0 Å². The number of allylic oxidation sites excluding steroid dienone is 4. The highest BCUT2D eigenvalue weighted by Crippen LogP contribution is 1.77. The summed E-state index contributed by atoms with van der Waals surface area (Å²) in [6.07, 6.45) is 7.93. The Labute approximate surface area is 113 Å². The summed E-state index contributed by atoms with van der Waals surface area (Å²) in [6.45, 7) is 0. The number of carboxylic acids is 4. The highest BCUT2D eigenvalue weighted by Gasteiger charge is 1.84. The first-order chi connectivity index (χ1) is 9.25. The van der Waals surface area contributed by atoms with Crippen LogP contribution in [0.15, 0.2) is 48.6 Å². The fraction of sp³-hybridized carbons (Fsp3) is 0. The third-order valence-electron chi connectivity index (χ3n) is 1.18. The van der Waals surface area contributed by atoms with Crippen molar-refractivity contribution in [1.82, 2.24) is 0 Å². The zero-order valence-electron chi connectivity index (χ0n) is 10.0. The van der Waals surface area contributed by atoms with E-state index in [0.29, 0.717) is 0 Å². The van der Waals surface area contributed by atoms with Crippen molar-refractivity contribution in [2.24, 2.45) is 0 Å². The van der Waals surface area contributed by atoms with Crippen LogP contribution in [0.4, 0.5) is 0 Å². The van der Waals surface area contributed by atoms with Gasteiger partial charge in [0.25, 0.3) is 0 Å². The summed E-state index contributed by atoms with van der Waals surface area (Å²) in [6, 6.07) is 0.